The molecule has 10 heteroatoms. The van der Waals surface area contributed by atoms with E-state index in [1.807, 2.05) is 6.08 Å². The topological polar surface area (TPSA) is 107 Å². The number of fused-ring (bicyclic) bond motifs is 4. The number of carbonyl (C=O) groups is 4. The molecule has 3 aromatic rings. The van der Waals surface area contributed by atoms with Gasteiger partial charge in [0.2, 0.25) is 11.8 Å². The van der Waals surface area contributed by atoms with Crippen LogP contribution in [0.25, 0.3) is 0 Å². The van der Waals surface area contributed by atoms with E-state index in [4.69, 9.17) is 11.6 Å². The summed E-state index contributed by atoms with van der Waals surface area (Å²) in [5.74, 6) is -5.60. The van der Waals surface area contributed by atoms with E-state index in [-0.39, 0.29) is 30.5 Å². The number of halogens is 2. The molecule has 0 bridgehead atoms. The highest BCUT2D eigenvalue weighted by molar-refractivity contribution is 6.30. The summed E-state index contributed by atoms with van der Waals surface area (Å²) in [4.78, 5) is 57.9. The van der Waals surface area contributed by atoms with E-state index in [0.717, 1.165) is 10.6 Å². The molecule has 2 saturated heterocycles. The summed E-state index contributed by atoms with van der Waals surface area (Å²) < 4.78 is 13.7. The number of para-hydroxylation sites is 1. The maximum absolute atomic E-state index is 15.0. The molecule has 3 fully saturated rings. The van der Waals surface area contributed by atoms with Gasteiger partial charge >= 0.3 is 0 Å². The molecule has 0 radical (unpaired) electrons. The number of allylic oxidation sites excluding steroid dienone is 2. The van der Waals surface area contributed by atoms with Crippen LogP contribution in [-0.2, 0) is 24.6 Å². The van der Waals surface area contributed by atoms with Crippen molar-refractivity contribution in [3.05, 3.63) is 106 Å². The van der Waals surface area contributed by atoms with Gasteiger partial charge in [-0.2, -0.15) is 5.01 Å². The van der Waals surface area contributed by atoms with E-state index in [9.17, 15) is 23.9 Å². The van der Waals surface area contributed by atoms with E-state index in [2.05, 4.69) is 5.43 Å². The molecule has 3 aromatic carbocycles. The zero-order valence-corrected chi connectivity index (χ0v) is 25.4. The molecule has 1 saturated carbocycles. The van der Waals surface area contributed by atoms with E-state index in [1.165, 1.54) is 29.2 Å². The number of phenolic OH excluding ortho intramolecular Hbond substituents is 1. The van der Waals surface area contributed by atoms with Crippen molar-refractivity contribution in [1.29, 1.82) is 0 Å². The fourth-order valence-corrected chi connectivity index (χ4v) is 8.42. The van der Waals surface area contributed by atoms with Gasteiger partial charge < -0.3 is 5.11 Å². The van der Waals surface area contributed by atoms with Gasteiger partial charge in [0, 0.05) is 23.0 Å². The van der Waals surface area contributed by atoms with Crippen LogP contribution in [0.2, 0.25) is 5.02 Å². The van der Waals surface area contributed by atoms with Gasteiger partial charge in [-0.3, -0.25) is 29.5 Å². The number of anilines is 1. The van der Waals surface area contributed by atoms with E-state index < -0.39 is 52.6 Å². The van der Waals surface area contributed by atoms with E-state index in [1.54, 1.807) is 56.3 Å². The van der Waals surface area contributed by atoms with Crippen molar-refractivity contribution < 1.29 is 28.7 Å². The summed E-state index contributed by atoms with van der Waals surface area (Å²) in [6, 6.07) is 17.4. The maximum Gasteiger partial charge on any atom is 0.260 e. The molecule has 0 spiro atoms. The van der Waals surface area contributed by atoms with Crippen LogP contribution >= 0.6 is 11.6 Å². The van der Waals surface area contributed by atoms with E-state index >= 15 is 4.79 Å². The molecule has 4 amide bonds. The number of hydrogen-bond donors (Lipinski definition) is 2. The predicted molar refractivity (Wildman–Crippen MR) is 164 cm³/mol. The molecular weight excluding hydrogens is 597 g/mol. The molecule has 0 aromatic heterocycles. The van der Waals surface area contributed by atoms with Gasteiger partial charge in [-0.1, -0.05) is 53.6 Å². The lowest BCUT2D eigenvalue weighted by Gasteiger charge is -2.50. The second kappa shape index (κ2) is 10.5. The molecule has 2 aliphatic heterocycles. The Labute approximate surface area is 264 Å². The number of nitrogens with zero attached hydrogens (tertiary/aromatic N) is 2. The maximum atomic E-state index is 15.0. The van der Waals surface area contributed by atoms with Gasteiger partial charge in [-0.25, -0.2) is 4.39 Å². The van der Waals surface area contributed by atoms with Crippen molar-refractivity contribution in [2.75, 3.05) is 12.0 Å². The summed E-state index contributed by atoms with van der Waals surface area (Å²) in [6.07, 6.45) is 2.40. The highest BCUT2D eigenvalue weighted by atomic mass is 35.5. The normalized spacial score (nSPS) is 29.0. The number of benzene rings is 3. The lowest BCUT2D eigenvalue weighted by Crippen LogP contribution is -2.53. The number of aromatic hydroxyl groups is 1. The van der Waals surface area contributed by atoms with Crippen molar-refractivity contribution >= 4 is 40.9 Å². The largest absolute Gasteiger partial charge is 0.507 e. The molecule has 6 unspecified atom stereocenters. The molecule has 6 atom stereocenters. The standard InChI is InChI=1S/C35H31ClFN3O5/c1-3-39-31(42)24-16-15-23-26(28(24)33(39)44)17-27-32(43)40(38-22-13-11-21(37)12-14-22)34(45)35(27,19-7-9-20(36)10-8-19)29(23)25-6-4-5-18(2)30(25)41/h4-15,24,26-29,38,41H,3,16-17H2,1-2H3. The molecule has 4 aliphatic rings. The minimum atomic E-state index is -1.54. The number of imide groups is 2. The molecule has 2 heterocycles. The Morgan fingerprint density at radius 2 is 1.67 bits per heavy atom. The third-order valence-electron chi connectivity index (χ3n) is 10.2. The van der Waals surface area contributed by atoms with E-state index in [0.29, 0.717) is 33.8 Å². The number of rotatable bonds is 5. The summed E-state index contributed by atoms with van der Waals surface area (Å²) >= 11 is 6.30. The molecule has 2 aliphatic carbocycles. The second-order valence-corrected chi connectivity index (χ2v) is 12.7. The summed E-state index contributed by atoms with van der Waals surface area (Å²) in [7, 11) is 0. The third-order valence-corrected chi connectivity index (χ3v) is 10.5. The molecule has 7 rings (SSSR count). The van der Waals surface area contributed by atoms with Crippen LogP contribution in [0.1, 0.15) is 42.4 Å². The number of hydrazine groups is 1. The first-order valence-electron chi connectivity index (χ1n) is 15.1. The average molecular weight is 628 g/mol. The minimum Gasteiger partial charge on any atom is -0.507 e. The van der Waals surface area contributed by atoms with Gasteiger partial charge in [0.1, 0.15) is 11.6 Å². The van der Waals surface area contributed by atoms with Gasteiger partial charge in [-0.15, -0.1) is 0 Å². The Bertz CT molecular complexity index is 1790. The average Bonchev–Trinajstić information content (AvgIpc) is 3.40. The van der Waals surface area contributed by atoms with Crippen LogP contribution in [0, 0.1) is 36.4 Å². The highest BCUT2D eigenvalue weighted by Crippen LogP contribution is 2.65. The van der Waals surface area contributed by atoms with Gasteiger partial charge in [0.25, 0.3) is 11.8 Å². The van der Waals surface area contributed by atoms with Gasteiger partial charge in [0.05, 0.1) is 28.9 Å². The monoisotopic (exact) mass is 627 g/mol. The summed E-state index contributed by atoms with van der Waals surface area (Å²) in [5.41, 5.74) is 4.06. The van der Waals surface area contributed by atoms with Crippen LogP contribution in [0.3, 0.4) is 0 Å². The second-order valence-electron chi connectivity index (χ2n) is 12.3. The molecular formula is C35H31ClFN3O5. The number of nitrogens with one attached hydrogen (secondary N) is 1. The Morgan fingerprint density at radius 3 is 2.36 bits per heavy atom. The van der Waals surface area contributed by atoms with Crippen LogP contribution in [-0.4, -0.2) is 45.2 Å². The van der Waals surface area contributed by atoms with Crippen molar-refractivity contribution in [2.45, 2.75) is 38.0 Å². The van der Waals surface area contributed by atoms with Crippen molar-refractivity contribution in [3.8, 4) is 5.75 Å². The Balaban J connectivity index is 1.48. The molecule has 8 nitrogen and oxygen atoms in total. The minimum absolute atomic E-state index is 0.00698. The van der Waals surface area contributed by atoms with Crippen LogP contribution < -0.4 is 5.43 Å². The fraction of sp³-hybridized carbons (Fsp3) is 0.314. The summed E-state index contributed by atoms with van der Waals surface area (Å²) in [6.45, 7) is 3.78. The van der Waals surface area contributed by atoms with Gasteiger partial charge in [0.15, 0.2) is 0 Å². The molecule has 45 heavy (non-hydrogen) atoms. The Morgan fingerprint density at radius 1 is 0.956 bits per heavy atom. The van der Waals surface area contributed by atoms with Crippen molar-refractivity contribution in [2.24, 2.45) is 23.7 Å². The van der Waals surface area contributed by atoms with Gasteiger partial charge in [-0.05, 0) is 80.1 Å². The van der Waals surface area contributed by atoms with Crippen molar-refractivity contribution in [3.63, 3.8) is 0 Å². The van der Waals surface area contributed by atoms with Crippen molar-refractivity contribution in [1.82, 2.24) is 9.91 Å². The first-order valence-corrected chi connectivity index (χ1v) is 15.5. The quantitative estimate of drug-likeness (QED) is 0.286. The lowest BCUT2D eigenvalue weighted by molar-refractivity contribution is -0.141. The number of amides is 4. The first-order chi connectivity index (χ1) is 21.6. The zero-order valence-electron chi connectivity index (χ0n) is 24.7. The Kier molecular flexibility index (Phi) is 6.85. The molecule has 230 valence electrons. The van der Waals surface area contributed by atoms with Crippen LogP contribution in [0.15, 0.2) is 78.4 Å². The predicted octanol–water partition coefficient (Wildman–Crippen LogP) is 5.50. The Hall–Kier alpha value is -4.50. The first kappa shape index (κ1) is 29.2. The smallest absolute Gasteiger partial charge is 0.260 e. The number of carbonyl (C=O) groups excluding carboxylic acids is 4. The zero-order chi connectivity index (χ0) is 31.8. The third kappa shape index (κ3) is 4.09. The highest BCUT2D eigenvalue weighted by Gasteiger charge is 2.70. The number of likely N-dealkylation sites (tertiary alicyclic amines) is 1. The number of phenols is 1. The summed E-state index contributed by atoms with van der Waals surface area (Å²) in [5, 5.41) is 13.0. The SMILES string of the molecule is CCN1C(=O)C2CC=C3C(CC4C(=O)N(Nc5ccc(F)cc5)C(=O)C4(c4ccc(Cl)cc4)C3c3cccc(C)c3O)C2C1=O. The molecule has 2 N–H and O–H groups in total. The van der Waals surface area contributed by atoms with Crippen LogP contribution in [0.4, 0.5) is 10.1 Å². The number of aryl methyl sites for hydroxylation is 1. The van der Waals surface area contributed by atoms with Crippen LogP contribution in [0.5, 0.6) is 5.75 Å². The fourth-order valence-electron chi connectivity index (χ4n) is 8.29. The lowest BCUT2D eigenvalue weighted by atomic mass is 9.49. The number of hydrogen-bond acceptors (Lipinski definition) is 6.